The molecule has 2 aromatic carbocycles. The van der Waals surface area contributed by atoms with Gasteiger partial charge in [0.05, 0.1) is 15.7 Å². The van der Waals surface area contributed by atoms with Crippen molar-refractivity contribution in [2.24, 2.45) is 5.92 Å². The second-order valence-corrected chi connectivity index (χ2v) is 9.03. The summed E-state index contributed by atoms with van der Waals surface area (Å²) in [6.07, 6.45) is -0.403. The number of anilines is 1. The van der Waals surface area contributed by atoms with Crippen molar-refractivity contribution < 1.29 is 14.5 Å². The average molecular weight is 490 g/mol. The molecule has 11 heteroatoms. The van der Waals surface area contributed by atoms with E-state index >= 15 is 0 Å². The molecule has 0 saturated heterocycles. The van der Waals surface area contributed by atoms with E-state index in [1.807, 2.05) is 23.6 Å². The minimum atomic E-state index is -0.489. The van der Waals surface area contributed by atoms with Gasteiger partial charge in [0.25, 0.3) is 5.69 Å². The van der Waals surface area contributed by atoms with Crippen LogP contribution in [0.5, 0.6) is 5.75 Å². The van der Waals surface area contributed by atoms with Crippen LogP contribution in [0, 0.1) is 16.0 Å². The Bertz CT molecular complexity index is 1120. The van der Waals surface area contributed by atoms with E-state index in [0.29, 0.717) is 39.9 Å². The molecule has 0 aliphatic rings. The van der Waals surface area contributed by atoms with Gasteiger partial charge < -0.3 is 14.6 Å². The van der Waals surface area contributed by atoms with Crippen molar-refractivity contribution in [3.8, 4) is 5.75 Å². The quantitative estimate of drug-likeness (QED) is 0.231. The Morgan fingerprint density at radius 1 is 1.18 bits per heavy atom. The van der Waals surface area contributed by atoms with Gasteiger partial charge in [0.2, 0.25) is 5.91 Å². The molecule has 0 radical (unpaired) electrons. The van der Waals surface area contributed by atoms with Crippen molar-refractivity contribution in [2.45, 2.75) is 38.6 Å². The molecule has 0 aliphatic carbocycles. The van der Waals surface area contributed by atoms with E-state index in [1.54, 1.807) is 12.1 Å². The number of halogens is 1. The SMILES string of the molecule is CC(C)Cn1c(SCC(=O)Nc2ccc([N+](=O)[O-])cc2)nnc1C(C)Oc1ccccc1Cl. The summed E-state index contributed by atoms with van der Waals surface area (Å²) >= 11 is 7.47. The first-order valence-corrected chi connectivity index (χ1v) is 11.6. The maximum atomic E-state index is 12.4. The molecule has 0 aliphatic heterocycles. The molecule has 1 unspecified atom stereocenters. The van der Waals surface area contributed by atoms with Crippen molar-refractivity contribution in [1.82, 2.24) is 14.8 Å². The molecule has 1 N–H and O–H groups in total. The van der Waals surface area contributed by atoms with Gasteiger partial charge >= 0.3 is 0 Å². The second kappa shape index (κ2) is 11.2. The van der Waals surface area contributed by atoms with Gasteiger partial charge in [-0.1, -0.05) is 49.3 Å². The number of carbonyl (C=O) groups excluding carboxylic acids is 1. The van der Waals surface area contributed by atoms with E-state index in [1.165, 1.54) is 36.0 Å². The predicted octanol–water partition coefficient (Wildman–Crippen LogP) is 5.37. The summed E-state index contributed by atoms with van der Waals surface area (Å²) in [7, 11) is 0. The molecule has 0 bridgehead atoms. The first-order valence-electron chi connectivity index (χ1n) is 10.3. The van der Waals surface area contributed by atoms with Crippen LogP contribution in [0.1, 0.15) is 32.7 Å². The molecule has 1 atom stereocenters. The summed E-state index contributed by atoms with van der Waals surface area (Å²) in [6, 6.07) is 12.9. The number of nitro groups is 1. The Morgan fingerprint density at radius 2 is 1.88 bits per heavy atom. The standard InChI is InChI=1S/C22H24ClN5O4S/c1-14(2)12-27-21(15(3)32-19-7-5-4-6-18(19)23)25-26-22(27)33-13-20(29)24-16-8-10-17(11-9-16)28(30)31/h4-11,14-15H,12-13H2,1-3H3,(H,24,29). The normalized spacial score (nSPS) is 11.9. The fourth-order valence-electron chi connectivity index (χ4n) is 3.02. The van der Waals surface area contributed by atoms with Crippen LogP contribution in [0.15, 0.2) is 53.7 Å². The summed E-state index contributed by atoms with van der Waals surface area (Å²) in [4.78, 5) is 22.7. The highest BCUT2D eigenvalue weighted by Gasteiger charge is 2.21. The van der Waals surface area contributed by atoms with Crippen molar-refractivity contribution in [1.29, 1.82) is 0 Å². The number of amides is 1. The van der Waals surface area contributed by atoms with Gasteiger partial charge in [-0.2, -0.15) is 0 Å². The summed E-state index contributed by atoms with van der Waals surface area (Å²) in [5, 5.41) is 23.2. The minimum absolute atomic E-state index is 0.0372. The van der Waals surface area contributed by atoms with Crippen LogP contribution < -0.4 is 10.1 Å². The third-order valence-corrected chi connectivity index (χ3v) is 5.77. The van der Waals surface area contributed by atoms with Crippen LogP contribution >= 0.6 is 23.4 Å². The number of hydrogen-bond acceptors (Lipinski definition) is 7. The van der Waals surface area contributed by atoms with Crippen LogP contribution in [0.2, 0.25) is 5.02 Å². The molecule has 3 aromatic rings. The highest BCUT2D eigenvalue weighted by atomic mass is 35.5. The maximum absolute atomic E-state index is 12.4. The molecule has 1 aromatic heterocycles. The van der Waals surface area contributed by atoms with E-state index in [9.17, 15) is 14.9 Å². The summed E-state index contributed by atoms with van der Waals surface area (Å²) < 4.78 is 7.96. The van der Waals surface area contributed by atoms with E-state index in [0.717, 1.165) is 0 Å². The number of nitrogens with one attached hydrogen (secondary N) is 1. The molecule has 0 spiro atoms. The van der Waals surface area contributed by atoms with Crippen LogP contribution in [-0.4, -0.2) is 31.3 Å². The molecule has 0 fully saturated rings. The van der Waals surface area contributed by atoms with Gasteiger partial charge in [-0.15, -0.1) is 10.2 Å². The smallest absolute Gasteiger partial charge is 0.269 e. The zero-order valence-electron chi connectivity index (χ0n) is 18.4. The van der Waals surface area contributed by atoms with E-state index in [-0.39, 0.29) is 17.3 Å². The van der Waals surface area contributed by atoms with Gasteiger partial charge in [-0.05, 0) is 37.1 Å². The number of para-hydroxylation sites is 1. The lowest BCUT2D eigenvalue weighted by Crippen LogP contribution is -2.17. The topological polar surface area (TPSA) is 112 Å². The van der Waals surface area contributed by atoms with Crippen LogP contribution in [-0.2, 0) is 11.3 Å². The summed E-state index contributed by atoms with van der Waals surface area (Å²) in [5.41, 5.74) is 0.446. The Balaban J connectivity index is 1.68. The first-order chi connectivity index (χ1) is 15.7. The molecule has 0 saturated carbocycles. The number of thioether (sulfide) groups is 1. The van der Waals surface area contributed by atoms with Crippen LogP contribution in [0.25, 0.3) is 0 Å². The Labute approximate surface area is 200 Å². The van der Waals surface area contributed by atoms with Crippen LogP contribution in [0.3, 0.4) is 0 Å². The van der Waals surface area contributed by atoms with Crippen molar-refractivity contribution in [3.63, 3.8) is 0 Å². The molecule has 3 rings (SSSR count). The van der Waals surface area contributed by atoms with Gasteiger partial charge in [0.15, 0.2) is 17.1 Å². The lowest BCUT2D eigenvalue weighted by molar-refractivity contribution is -0.384. The number of nitro benzene ring substituents is 1. The fraction of sp³-hybridized carbons (Fsp3) is 0.318. The van der Waals surface area contributed by atoms with Crippen molar-refractivity contribution in [2.75, 3.05) is 11.1 Å². The molecular weight excluding hydrogens is 466 g/mol. The van der Waals surface area contributed by atoms with Gasteiger partial charge in [-0.3, -0.25) is 14.9 Å². The third kappa shape index (κ3) is 6.69. The summed E-state index contributed by atoms with van der Waals surface area (Å²) in [5.74, 6) is 1.37. The highest BCUT2D eigenvalue weighted by molar-refractivity contribution is 7.99. The van der Waals surface area contributed by atoms with Gasteiger partial charge in [-0.25, -0.2) is 0 Å². The number of carbonyl (C=O) groups is 1. The van der Waals surface area contributed by atoms with E-state index in [4.69, 9.17) is 16.3 Å². The molecule has 174 valence electrons. The number of benzene rings is 2. The van der Waals surface area contributed by atoms with Crippen LogP contribution in [0.4, 0.5) is 11.4 Å². The Morgan fingerprint density at radius 3 is 2.52 bits per heavy atom. The monoisotopic (exact) mass is 489 g/mol. The molecule has 1 amide bonds. The predicted molar refractivity (Wildman–Crippen MR) is 128 cm³/mol. The lowest BCUT2D eigenvalue weighted by atomic mass is 10.2. The Kier molecular flexibility index (Phi) is 8.29. The van der Waals surface area contributed by atoms with Crippen molar-refractivity contribution >= 4 is 40.6 Å². The maximum Gasteiger partial charge on any atom is 0.269 e. The number of non-ortho nitro benzene ring substituents is 1. The number of hydrogen-bond donors (Lipinski definition) is 1. The highest BCUT2D eigenvalue weighted by Crippen LogP contribution is 2.30. The summed E-state index contributed by atoms with van der Waals surface area (Å²) in [6.45, 7) is 6.70. The number of nitrogens with zero attached hydrogens (tertiary/aromatic N) is 4. The molecule has 9 nitrogen and oxygen atoms in total. The average Bonchev–Trinajstić information content (AvgIpc) is 3.16. The Hall–Kier alpha value is -3.11. The van der Waals surface area contributed by atoms with Gasteiger partial charge in [0, 0.05) is 24.4 Å². The molecule has 1 heterocycles. The fourth-order valence-corrected chi connectivity index (χ4v) is 3.96. The number of aromatic nitrogens is 3. The molecule has 33 heavy (non-hydrogen) atoms. The van der Waals surface area contributed by atoms with Gasteiger partial charge in [0.1, 0.15) is 5.75 Å². The first kappa shape index (κ1) is 24.5. The number of rotatable bonds is 10. The number of ether oxygens (including phenoxy) is 1. The lowest BCUT2D eigenvalue weighted by Gasteiger charge is -2.18. The molecular formula is C22H24ClN5O4S. The largest absolute Gasteiger partial charge is 0.481 e. The van der Waals surface area contributed by atoms with Crippen molar-refractivity contribution in [3.05, 3.63) is 69.5 Å². The van der Waals surface area contributed by atoms with E-state index in [2.05, 4.69) is 29.4 Å². The minimum Gasteiger partial charge on any atom is -0.481 e. The zero-order chi connectivity index (χ0) is 24.0. The van der Waals surface area contributed by atoms with E-state index < -0.39 is 11.0 Å². The third-order valence-electron chi connectivity index (χ3n) is 4.49. The second-order valence-electron chi connectivity index (χ2n) is 7.68. The zero-order valence-corrected chi connectivity index (χ0v) is 20.0.